The third-order valence-corrected chi connectivity index (χ3v) is 3.79. The highest BCUT2D eigenvalue weighted by Crippen LogP contribution is 2.48. The topological polar surface area (TPSA) is 71.1 Å². The third kappa shape index (κ3) is 2.96. The fourth-order valence-corrected chi connectivity index (χ4v) is 2.94. The summed E-state index contributed by atoms with van der Waals surface area (Å²) in [5, 5.41) is 0. The molecule has 0 aromatic carbocycles. The van der Waals surface area contributed by atoms with Crippen LogP contribution in [-0.2, 0) is 28.5 Å². The van der Waals surface area contributed by atoms with Crippen molar-refractivity contribution >= 4 is 11.9 Å². The second-order valence-electron chi connectivity index (χ2n) is 4.75. The van der Waals surface area contributed by atoms with Crippen molar-refractivity contribution < 1.29 is 28.5 Å². The lowest BCUT2D eigenvalue weighted by Gasteiger charge is -2.34. The van der Waals surface area contributed by atoms with Gasteiger partial charge < -0.3 is 18.9 Å². The standard InChI is InChI=1S/C14H24O6/c1-5-19-12(15)14(13(16)20-6-2)9-7-8-10(14)11(17-3)18-4/h10-11H,5-9H2,1-4H3. The van der Waals surface area contributed by atoms with Gasteiger partial charge in [-0.25, -0.2) is 0 Å². The van der Waals surface area contributed by atoms with E-state index in [1.807, 2.05) is 0 Å². The quantitative estimate of drug-likeness (QED) is 0.402. The molecule has 1 atom stereocenters. The maximum absolute atomic E-state index is 12.4. The number of hydrogen-bond acceptors (Lipinski definition) is 6. The lowest BCUT2D eigenvalue weighted by Crippen LogP contribution is -2.49. The summed E-state index contributed by atoms with van der Waals surface area (Å²) in [4.78, 5) is 24.8. The van der Waals surface area contributed by atoms with Gasteiger partial charge in [0.15, 0.2) is 11.7 Å². The highest BCUT2D eigenvalue weighted by molar-refractivity contribution is 6.00. The van der Waals surface area contributed by atoms with Crippen LogP contribution in [0.25, 0.3) is 0 Å². The van der Waals surface area contributed by atoms with Crippen LogP contribution in [0.5, 0.6) is 0 Å². The Morgan fingerprint density at radius 3 is 2.00 bits per heavy atom. The average Bonchev–Trinajstić information content (AvgIpc) is 2.87. The Morgan fingerprint density at radius 2 is 1.60 bits per heavy atom. The zero-order valence-electron chi connectivity index (χ0n) is 12.6. The number of methoxy groups -OCH3 is 2. The number of esters is 2. The molecule has 1 rings (SSSR count). The molecular weight excluding hydrogens is 264 g/mol. The monoisotopic (exact) mass is 288 g/mol. The minimum absolute atomic E-state index is 0.220. The van der Waals surface area contributed by atoms with E-state index < -0.39 is 29.6 Å². The van der Waals surface area contributed by atoms with E-state index in [0.717, 1.165) is 6.42 Å². The SMILES string of the molecule is CCOC(=O)C1(C(=O)OCC)CCCC1C(OC)OC. The van der Waals surface area contributed by atoms with Gasteiger partial charge in [0.25, 0.3) is 0 Å². The Balaban J connectivity index is 3.14. The highest BCUT2D eigenvalue weighted by atomic mass is 16.7. The largest absolute Gasteiger partial charge is 0.465 e. The predicted molar refractivity (Wildman–Crippen MR) is 70.8 cm³/mol. The van der Waals surface area contributed by atoms with Crippen LogP contribution >= 0.6 is 0 Å². The maximum Gasteiger partial charge on any atom is 0.323 e. The molecule has 1 aliphatic rings. The second kappa shape index (κ2) is 7.59. The van der Waals surface area contributed by atoms with Gasteiger partial charge in [0, 0.05) is 20.1 Å². The van der Waals surface area contributed by atoms with Crippen LogP contribution in [0, 0.1) is 11.3 Å². The second-order valence-corrected chi connectivity index (χ2v) is 4.75. The zero-order valence-corrected chi connectivity index (χ0v) is 12.6. The first-order valence-electron chi connectivity index (χ1n) is 6.98. The van der Waals surface area contributed by atoms with Crippen molar-refractivity contribution in [3.05, 3.63) is 0 Å². The minimum atomic E-state index is -1.32. The van der Waals surface area contributed by atoms with E-state index in [2.05, 4.69) is 0 Å². The molecule has 0 aliphatic heterocycles. The molecule has 116 valence electrons. The Kier molecular flexibility index (Phi) is 6.42. The molecule has 0 amide bonds. The molecule has 1 saturated carbocycles. The van der Waals surface area contributed by atoms with Crippen molar-refractivity contribution in [3.63, 3.8) is 0 Å². The summed E-state index contributed by atoms with van der Waals surface area (Å²) < 4.78 is 20.7. The molecule has 1 unspecified atom stereocenters. The summed E-state index contributed by atoms with van der Waals surface area (Å²) in [5.74, 6) is -1.48. The maximum atomic E-state index is 12.4. The van der Waals surface area contributed by atoms with Crippen LogP contribution < -0.4 is 0 Å². The van der Waals surface area contributed by atoms with Crippen molar-refractivity contribution in [2.24, 2.45) is 11.3 Å². The first kappa shape index (κ1) is 16.9. The first-order chi connectivity index (χ1) is 9.58. The summed E-state index contributed by atoms with van der Waals surface area (Å²) in [6, 6.07) is 0. The molecule has 0 radical (unpaired) electrons. The van der Waals surface area contributed by atoms with Gasteiger partial charge >= 0.3 is 11.9 Å². The predicted octanol–water partition coefficient (Wildman–Crippen LogP) is 1.52. The van der Waals surface area contributed by atoms with Crippen molar-refractivity contribution in [1.82, 2.24) is 0 Å². The highest BCUT2D eigenvalue weighted by Gasteiger charge is 2.60. The molecule has 1 aliphatic carbocycles. The molecule has 1 fully saturated rings. The van der Waals surface area contributed by atoms with E-state index in [4.69, 9.17) is 18.9 Å². The number of hydrogen-bond donors (Lipinski definition) is 0. The van der Waals surface area contributed by atoms with Gasteiger partial charge in [-0.05, 0) is 26.7 Å². The smallest absolute Gasteiger partial charge is 0.323 e. The van der Waals surface area contributed by atoms with Gasteiger partial charge in [-0.15, -0.1) is 0 Å². The Morgan fingerprint density at radius 1 is 1.10 bits per heavy atom. The van der Waals surface area contributed by atoms with Crippen LogP contribution in [0.1, 0.15) is 33.1 Å². The van der Waals surface area contributed by atoms with Crippen LogP contribution in [0.15, 0.2) is 0 Å². The number of carbonyl (C=O) groups is 2. The summed E-state index contributed by atoms with van der Waals surface area (Å²) >= 11 is 0. The van der Waals surface area contributed by atoms with Crippen LogP contribution in [-0.4, -0.2) is 45.7 Å². The molecule has 0 heterocycles. The van der Waals surface area contributed by atoms with Crippen molar-refractivity contribution in [1.29, 1.82) is 0 Å². The van der Waals surface area contributed by atoms with Crippen LogP contribution in [0.3, 0.4) is 0 Å². The molecule has 20 heavy (non-hydrogen) atoms. The van der Waals surface area contributed by atoms with Gasteiger partial charge in [0.1, 0.15) is 0 Å². The van der Waals surface area contributed by atoms with Crippen molar-refractivity contribution in [3.8, 4) is 0 Å². The molecule has 0 spiro atoms. The van der Waals surface area contributed by atoms with Crippen molar-refractivity contribution in [2.75, 3.05) is 27.4 Å². The number of ether oxygens (including phenoxy) is 4. The summed E-state index contributed by atoms with van der Waals surface area (Å²) in [6.45, 7) is 3.87. The molecule has 0 saturated heterocycles. The molecule has 0 bridgehead atoms. The van der Waals surface area contributed by atoms with Gasteiger partial charge in [0.2, 0.25) is 0 Å². The number of rotatable bonds is 7. The Hall–Kier alpha value is -1.14. The molecule has 0 aromatic heterocycles. The first-order valence-corrected chi connectivity index (χ1v) is 6.98. The van der Waals surface area contributed by atoms with Gasteiger partial charge in [0.05, 0.1) is 13.2 Å². The fourth-order valence-electron chi connectivity index (χ4n) is 2.94. The number of carbonyl (C=O) groups excluding carboxylic acids is 2. The summed E-state index contributed by atoms with van der Waals surface area (Å²) in [6.07, 6.45) is 1.15. The van der Waals surface area contributed by atoms with E-state index in [0.29, 0.717) is 12.8 Å². The summed E-state index contributed by atoms with van der Waals surface area (Å²) in [7, 11) is 2.99. The van der Waals surface area contributed by atoms with E-state index >= 15 is 0 Å². The average molecular weight is 288 g/mol. The van der Waals surface area contributed by atoms with E-state index in [-0.39, 0.29) is 13.2 Å². The van der Waals surface area contributed by atoms with Crippen LogP contribution in [0.2, 0.25) is 0 Å². The molecular formula is C14H24O6. The van der Waals surface area contributed by atoms with Gasteiger partial charge in [-0.2, -0.15) is 0 Å². The molecule has 6 heteroatoms. The zero-order chi connectivity index (χ0) is 15.2. The van der Waals surface area contributed by atoms with E-state index in [1.165, 1.54) is 14.2 Å². The van der Waals surface area contributed by atoms with Crippen molar-refractivity contribution in [2.45, 2.75) is 39.4 Å². The van der Waals surface area contributed by atoms with E-state index in [9.17, 15) is 9.59 Å². The Labute approximate surface area is 119 Å². The van der Waals surface area contributed by atoms with E-state index in [1.54, 1.807) is 13.8 Å². The fraction of sp³-hybridized carbons (Fsp3) is 0.857. The Bertz CT molecular complexity index is 319. The molecule has 0 N–H and O–H groups in total. The lowest BCUT2D eigenvalue weighted by molar-refractivity contribution is -0.197. The molecule has 6 nitrogen and oxygen atoms in total. The van der Waals surface area contributed by atoms with Crippen LogP contribution in [0.4, 0.5) is 0 Å². The van der Waals surface area contributed by atoms with Gasteiger partial charge in [-0.3, -0.25) is 9.59 Å². The lowest BCUT2D eigenvalue weighted by atomic mass is 9.77. The normalized spacial score (nSPS) is 20.9. The molecule has 0 aromatic rings. The minimum Gasteiger partial charge on any atom is -0.465 e. The summed E-state index contributed by atoms with van der Waals surface area (Å²) in [5.41, 5.74) is -1.32. The third-order valence-electron chi connectivity index (χ3n) is 3.79. The van der Waals surface area contributed by atoms with Gasteiger partial charge in [-0.1, -0.05) is 6.42 Å².